The third-order valence-electron chi connectivity index (χ3n) is 2.79. The van der Waals surface area contributed by atoms with Crippen LogP contribution < -0.4 is 5.73 Å². The molecule has 3 nitrogen and oxygen atoms in total. The van der Waals surface area contributed by atoms with Crippen molar-refractivity contribution in [3.63, 3.8) is 0 Å². The van der Waals surface area contributed by atoms with Crippen molar-refractivity contribution in [3.05, 3.63) is 24.2 Å². The van der Waals surface area contributed by atoms with Crippen molar-refractivity contribution < 1.29 is 4.42 Å². The normalized spacial score (nSPS) is 21.1. The van der Waals surface area contributed by atoms with Crippen molar-refractivity contribution in [2.24, 2.45) is 5.73 Å². The second-order valence-corrected chi connectivity index (χ2v) is 4.99. The molecular formula is C11H18N2OS. The molecule has 2 N–H and O–H groups in total. The maximum Gasteiger partial charge on any atom is 0.122 e. The summed E-state index contributed by atoms with van der Waals surface area (Å²) in [5.41, 5.74) is 5.84. The van der Waals surface area contributed by atoms with Crippen LogP contribution in [0.2, 0.25) is 0 Å². The van der Waals surface area contributed by atoms with Crippen molar-refractivity contribution in [2.75, 3.05) is 31.1 Å². The van der Waals surface area contributed by atoms with Gasteiger partial charge in [0.1, 0.15) is 5.76 Å². The molecule has 1 saturated heterocycles. The first-order chi connectivity index (χ1) is 7.42. The lowest BCUT2D eigenvalue weighted by molar-refractivity contribution is 0.193. The zero-order valence-electron chi connectivity index (χ0n) is 8.89. The van der Waals surface area contributed by atoms with Crippen LogP contribution in [0.5, 0.6) is 0 Å². The lowest BCUT2D eigenvalue weighted by Gasteiger charge is -2.27. The van der Waals surface area contributed by atoms with E-state index in [1.807, 2.05) is 23.9 Å². The Bertz CT molecular complexity index is 268. The van der Waals surface area contributed by atoms with Crippen LogP contribution in [0, 0.1) is 0 Å². The minimum absolute atomic E-state index is 0.263. The minimum Gasteiger partial charge on any atom is -0.468 e. The van der Waals surface area contributed by atoms with E-state index in [9.17, 15) is 0 Å². The van der Waals surface area contributed by atoms with Gasteiger partial charge in [-0.05, 0) is 30.9 Å². The average Bonchev–Trinajstić information content (AvgIpc) is 2.63. The second-order valence-electron chi connectivity index (χ2n) is 3.77. The Morgan fingerprint density at radius 3 is 3.13 bits per heavy atom. The molecule has 1 fully saturated rings. The van der Waals surface area contributed by atoms with E-state index in [0.29, 0.717) is 6.54 Å². The van der Waals surface area contributed by atoms with Gasteiger partial charge in [-0.2, -0.15) is 11.8 Å². The largest absolute Gasteiger partial charge is 0.468 e. The maximum absolute atomic E-state index is 5.84. The number of rotatable bonds is 3. The molecule has 0 bridgehead atoms. The van der Waals surface area contributed by atoms with Crippen LogP contribution in [0.25, 0.3) is 0 Å². The molecule has 2 heterocycles. The molecule has 1 aliphatic rings. The zero-order valence-corrected chi connectivity index (χ0v) is 9.71. The van der Waals surface area contributed by atoms with Crippen molar-refractivity contribution in [2.45, 2.75) is 12.5 Å². The fourth-order valence-electron chi connectivity index (χ4n) is 2.00. The summed E-state index contributed by atoms with van der Waals surface area (Å²) in [5, 5.41) is 0. The number of hydrogen-bond donors (Lipinski definition) is 1. The first-order valence-corrected chi connectivity index (χ1v) is 6.62. The molecule has 0 aromatic carbocycles. The highest BCUT2D eigenvalue weighted by Crippen LogP contribution is 2.23. The Kier molecular flexibility index (Phi) is 4.11. The molecular weight excluding hydrogens is 208 g/mol. The van der Waals surface area contributed by atoms with Gasteiger partial charge in [0.2, 0.25) is 0 Å². The summed E-state index contributed by atoms with van der Waals surface area (Å²) in [6.07, 6.45) is 2.98. The van der Waals surface area contributed by atoms with E-state index >= 15 is 0 Å². The molecule has 1 aromatic heterocycles. The van der Waals surface area contributed by atoms with Gasteiger partial charge < -0.3 is 10.2 Å². The summed E-state index contributed by atoms with van der Waals surface area (Å²) in [6.45, 7) is 2.89. The van der Waals surface area contributed by atoms with Crippen LogP contribution >= 0.6 is 11.8 Å². The van der Waals surface area contributed by atoms with E-state index in [4.69, 9.17) is 10.2 Å². The fourth-order valence-corrected chi connectivity index (χ4v) is 2.90. The quantitative estimate of drug-likeness (QED) is 0.852. The number of hydrogen-bond acceptors (Lipinski definition) is 4. The van der Waals surface area contributed by atoms with Gasteiger partial charge in [0.15, 0.2) is 0 Å². The van der Waals surface area contributed by atoms with Crippen molar-refractivity contribution >= 4 is 11.8 Å². The Morgan fingerprint density at radius 2 is 2.40 bits per heavy atom. The molecule has 1 aliphatic heterocycles. The average molecular weight is 226 g/mol. The monoisotopic (exact) mass is 226 g/mol. The molecule has 0 saturated carbocycles. The molecule has 84 valence electrons. The van der Waals surface area contributed by atoms with Crippen LogP contribution in [-0.2, 0) is 0 Å². The highest BCUT2D eigenvalue weighted by Gasteiger charge is 2.21. The van der Waals surface area contributed by atoms with Gasteiger partial charge in [-0.15, -0.1) is 0 Å². The van der Waals surface area contributed by atoms with E-state index in [2.05, 4.69) is 4.90 Å². The standard InChI is InChI=1S/C11H18N2OS/c12-9-10(11-3-1-6-14-11)13-4-2-7-15-8-5-13/h1,3,6,10H,2,4-5,7-9,12H2. The number of nitrogens with zero attached hydrogens (tertiary/aromatic N) is 1. The first kappa shape index (κ1) is 11.0. The summed E-state index contributed by atoms with van der Waals surface area (Å²) in [5.74, 6) is 3.48. The number of furan rings is 1. The predicted molar refractivity (Wildman–Crippen MR) is 64.0 cm³/mol. The summed E-state index contributed by atoms with van der Waals surface area (Å²) >= 11 is 2.03. The minimum atomic E-state index is 0.263. The van der Waals surface area contributed by atoms with Gasteiger partial charge in [-0.3, -0.25) is 4.90 Å². The highest BCUT2D eigenvalue weighted by atomic mass is 32.2. The molecule has 15 heavy (non-hydrogen) atoms. The zero-order chi connectivity index (χ0) is 10.5. The number of nitrogens with two attached hydrogens (primary N) is 1. The van der Waals surface area contributed by atoms with Gasteiger partial charge in [-0.25, -0.2) is 0 Å². The highest BCUT2D eigenvalue weighted by molar-refractivity contribution is 7.99. The van der Waals surface area contributed by atoms with Crippen molar-refractivity contribution in [1.82, 2.24) is 4.90 Å². The summed E-state index contributed by atoms with van der Waals surface area (Å²) in [6, 6.07) is 4.22. The van der Waals surface area contributed by atoms with E-state index in [1.54, 1.807) is 6.26 Å². The molecule has 0 spiro atoms. The third-order valence-corrected chi connectivity index (χ3v) is 3.84. The topological polar surface area (TPSA) is 42.4 Å². The summed E-state index contributed by atoms with van der Waals surface area (Å²) in [7, 11) is 0. The molecule has 1 aromatic rings. The van der Waals surface area contributed by atoms with E-state index < -0.39 is 0 Å². The van der Waals surface area contributed by atoms with Crippen LogP contribution in [0.15, 0.2) is 22.8 Å². The Morgan fingerprint density at radius 1 is 1.47 bits per heavy atom. The summed E-state index contributed by atoms with van der Waals surface area (Å²) < 4.78 is 5.45. The molecule has 0 amide bonds. The Labute approximate surface area is 95.0 Å². The van der Waals surface area contributed by atoms with Gasteiger partial charge in [0.25, 0.3) is 0 Å². The van der Waals surface area contributed by atoms with Gasteiger partial charge in [0, 0.05) is 18.8 Å². The number of thioether (sulfide) groups is 1. The van der Waals surface area contributed by atoms with E-state index in [-0.39, 0.29) is 6.04 Å². The fraction of sp³-hybridized carbons (Fsp3) is 0.636. The second kappa shape index (κ2) is 5.58. The van der Waals surface area contributed by atoms with E-state index in [0.717, 1.165) is 18.8 Å². The molecule has 0 radical (unpaired) electrons. The first-order valence-electron chi connectivity index (χ1n) is 5.47. The molecule has 2 rings (SSSR count). The Hall–Kier alpha value is -0.450. The molecule has 4 heteroatoms. The van der Waals surface area contributed by atoms with Crippen molar-refractivity contribution in [1.29, 1.82) is 0 Å². The van der Waals surface area contributed by atoms with Crippen LogP contribution in [0.4, 0.5) is 0 Å². The Balaban J connectivity index is 2.04. The van der Waals surface area contributed by atoms with E-state index in [1.165, 1.54) is 17.9 Å². The van der Waals surface area contributed by atoms with Crippen molar-refractivity contribution in [3.8, 4) is 0 Å². The predicted octanol–water partition coefficient (Wildman–Crippen LogP) is 1.72. The van der Waals surface area contributed by atoms with Crippen LogP contribution in [0.3, 0.4) is 0 Å². The van der Waals surface area contributed by atoms with Gasteiger partial charge >= 0.3 is 0 Å². The van der Waals surface area contributed by atoms with Gasteiger partial charge in [-0.1, -0.05) is 0 Å². The summed E-state index contributed by atoms with van der Waals surface area (Å²) in [4.78, 5) is 2.44. The van der Waals surface area contributed by atoms with Crippen LogP contribution in [0.1, 0.15) is 18.2 Å². The van der Waals surface area contributed by atoms with Gasteiger partial charge in [0.05, 0.1) is 12.3 Å². The lowest BCUT2D eigenvalue weighted by atomic mass is 10.2. The molecule has 0 aliphatic carbocycles. The maximum atomic E-state index is 5.84. The molecule has 1 atom stereocenters. The lowest BCUT2D eigenvalue weighted by Crippen LogP contribution is -2.35. The smallest absolute Gasteiger partial charge is 0.122 e. The van der Waals surface area contributed by atoms with Crippen LogP contribution in [-0.4, -0.2) is 36.0 Å². The third kappa shape index (κ3) is 2.77. The molecule has 1 unspecified atom stereocenters. The SMILES string of the molecule is NCC(c1ccco1)N1CCCSCC1.